The van der Waals surface area contributed by atoms with E-state index in [-0.39, 0.29) is 5.92 Å². The molecule has 2 aromatic heterocycles. The van der Waals surface area contributed by atoms with Crippen LogP contribution in [0.5, 0.6) is 11.5 Å². The molecule has 0 radical (unpaired) electrons. The lowest BCUT2D eigenvalue weighted by molar-refractivity contribution is 0.482. The Bertz CT molecular complexity index is 2440. The van der Waals surface area contributed by atoms with Gasteiger partial charge in [0, 0.05) is 33.1 Å². The molecule has 6 aromatic carbocycles. The number of hydrogen-bond acceptors (Lipinski definition) is 4. The fraction of sp³-hybridized carbons (Fsp3) is 0.0638. The van der Waals surface area contributed by atoms with E-state index in [1.54, 1.807) is 11.8 Å². The van der Waals surface area contributed by atoms with Crippen LogP contribution in [0.15, 0.2) is 186 Å². The van der Waals surface area contributed by atoms with Gasteiger partial charge in [-0.05, 0) is 119 Å². The van der Waals surface area contributed by atoms with E-state index in [0.717, 1.165) is 50.3 Å². The van der Waals surface area contributed by atoms with Crippen LogP contribution in [-0.2, 0) is 0 Å². The van der Waals surface area contributed by atoms with Gasteiger partial charge in [0.15, 0.2) is 0 Å². The van der Waals surface area contributed by atoms with E-state index >= 15 is 0 Å². The third-order valence-electron chi connectivity index (χ3n) is 9.24. The minimum atomic E-state index is -0.0986. The highest BCUT2D eigenvalue weighted by atomic mass is 32.2. The van der Waals surface area contributed by atoms with Crippen LogP contribution >= 0.6 is 11.8 Å². The fourth-order valence-corrected chi connectivity index (χ4v) is 7.93. The van der Waals surface area contributed by atoms with Gasteiger partial charge in [-0.25, -0.2) is 0 Å². The zero-order valence-electron chi connectivity index (χ0n) is 28.5. The van der Waals surface area contributed by atoms with Crippen molar-refractivity contribution in [3.8, 4) is 33.9 Å². The van der Waals surface area contributed by atoms with E-state index in [4.69, 9.17) is 14.7 Å². The van der Waals surface area contributed by atoms with Crippen molar-refractivity contribution < 1.29 is 4.74 Å². The Morgan fingerprint density at radius 1 is 0.549 bits per heavy atom. The smallest absolute Gasteiger partial charge is 0.128 e. The van der Waals surface area contributed by atoms with E-state index in [2.05, 4.69) is 166 Å². The summed E-state index contributed by atoms with van der Waals surface area (Å²) in [6, 6.07) is 57.2. The summed E-state index contributed by atoms with van der Waals surface area (Å²) in [6.07, 6.45) is 3.76. The van der Waals surface area contributed by atoms with Gasteiger partial charge < -0.3 is 4.74 Å². The zero-order chi connectivity index (χ0) is 34.6. The summed E-state index contributed by atoms with van der Waals surface area (Å²) < 4.78 is 6.83. The van der Waals surface area contributed by atoms with E-state index in [1.165, 1.54) is 32.0 Å². The van der Waals surface area contributed by atoms with Crippen LogP contribution in [0.4, 0.5) is 0 Å². The van der Waals surface area contributed by atoms with Crippen molar-refractivity contribution in [3.63, 3.8) is 0 Å². The van der Waals surface area contributed by atoms with Crippen molar-refractivity contribution in [2.24, 2.45) is 0 Å². The lowest BCUT2D eigenvalue weighted by Crippen LogP contribution is -2.07. The molecule has 3 nitrogen and oxygen atoms in total. The largest absolute Gasteiger partial charge is 0.457 e. The molecule has 0 amide bonds. The highest BCUT2D eigenvalue weighted by Gasteiger charge is 2.22. The molecule has 0 N–H and O–H groups in total. The Labute approximate surface area is 303 Å². The molecule has 0 spiro atoms. The van der Waals surface area contributed by atoms with Crippen molar-refractivity contribution in [1.82, 2.24) is 9.97 Å². The second-order valence-electron chi connectivity index (χ2n) is 12.7. The third-order valence-corrected chi connectivity index (χ3v) is 10.3. The first kappa shape index (κ1) is 32.2. The first-order valence-electron chi connectivity index (χ1n) is 17.2. The molecular weight excluding hydrogens is 641 g/mol. The van der Waals surface area contributed by atoms with E-state index in [9.17, 15) is 0 Å². The number of nitrogens with zero attached hydrogens (tertiary/aromatic N) is 2. The van der Waals surface area contributed by atoms with Gasteiger partial charge in [-0.2, -0.15) is 0 Å². The van der Waals surface area contributed by atoms with Crippen LogP contribution in [0.3, 0.4) is 0 Å². The Morgan fingerprint density at radius 3 is 2.14 bits per heavy atom. The van der Waals surface area contributed by atoms with Gasteiger partial charge in [-0.3, -0.25) is 9.97 Å². The molecule has 0 saturated carbocycles. The van der Waals surface area contributed by atoms with Crippen molar-refractivity contribution in [1.29, 1.82) is 0 Å². The van der Waals surface area contributed by atoms with Gasteiger partial charge in [-0.15, -0.1) is 0 Å². The van der Waals surface area contributed by atoms with Gasteiger partial charge in [-0.1, -0.05) is 109 Å². The van der Waals surface area contributed by atoms with Crippen molar-refractivity contribution in [3.05, 3.63) is 204 Å². The molecule has 0 aliphatic rings. The second kappa shape index (κ2) is 14.5. The molecule has 2 heterocycles. The minimum Gasteiger partial charge on any atom is -0.457 e. The molecule has 8 rings (SSSR count). The van der Waals surface area contributed by atoms with Gasteiger partial charge in [0.05, 0.1) is 17.3 Å². The second-order valence-corrected chi connectivity index (χ2v) is 13.8. The predicted octanol–water partition coefficient (Wildman–Crippen LogP) is 12.7. The lowest BCUT2D eigenvalue weighted by atomic mass is 9.88. The average Bonchev–Trinajstić information content (AvgIpc) is 3.16. The van der Waals surface area contributed by atoms with Gasteiger partial charge in [0.25, 0.3) is 0 Å². The first-order valence-corrected chi connectivity index (χ1v) is 18.0. The summed E-state index contributed by atoms with van der Waals surface area (Å²) in [5.41, 5.74) is 9.98. The molecular formula is C47H36N2OS. The molecule has 51 heavy (non-hydrogen) atoms. The van der Waals surface area contributed by atoms with Crippen LogP contribution in [0.25, 0.3) is 33.2 Å². The van der Waals surface area contributed by atoms with Gasteiger partial charge >= 0.3 is 0 Å². The lowest BCUT2D eigenvalue weighted by Gasteiger charge is -2.21. The van der Waals surface area contributed by atoms with Gasteiger partial charge in [0.2, 0.25) is 0 Å². The predicted molar refractivity (Wildman–Crippen MR) is 211 cm³/mol. The number of aromatic nitrogens is 2. The molecule has 4 heteroatoms. The number of fused-ring (bicyclic) bond motifs is 1. The Kier molecular flexibility index (Phi) is 9.16. The Morgan fingerprint density at radius 2 is 1.29 bits per heavy atom. The molecule has 0 aliphatic carbocycles. The number of ether oxygens (including phenoxy) is 1. The minimum absolute atomic E-state index is 0.0986. The quantitative estimate of drug-likeness (QED) is 0.152. The maximum atomic E-state index is 6.83. The monoisotopic (exact) mass is 676 g/mol. The summed E-state index contributed by atoms with van der Waals surface area (Å²) in [6.45, 7) is 4.34. The van der Waals surface area contributed by atoms with E-state index < -0.39 is 0 Å². The number of pyridine rings is 2. The molecule has 0 fully saturated rings. The summed E-state index contributed by atoms with van der Waals surface area (Å²) in [5.74, 6) is 1.42. The van der Waals surface area contributed by atoms with Crippen LogP contribution < -0.4 is 4.74 Å². The maximum absolute atomic E-state index is 6.83. The van der Waals surface area contributed by atoms with Crippen molar-refractivity contribution in [2.45, 2.75) is 29.6 Å². The molecule has 0 unspecified atom stereocenters. The zero-order valence-corrected chi connectivity index (χ0v) is 29.3. The molecule has 0 aliphatic heterocycles. The Balaban J connectivity index is 1.23. The van der Waals surface area contributed by atoms with Crippen LogP contribution in [0.2, 0.25) is 0 Å². The SMILES string of the molecule is Cc1cccc(C)c1-c1cc(Oc2cccc([C@H](c3ccccn3)c3ccccc3Sc3ccccc3)c2)cc(-c2nccc3ccccc23)c1. The number of hydrogen-bond donors (Lipinski definition) is 0. The molecule has 246 valence electrons. The van der Waals surface area contributed by atoms with Gasteiger partial charge in [0.1, 0.15) is 11.5 Å². The van der Waals surface area contributed by atoms with Crippen molar-refractivity contribution in [2.75, 3.05) is 0 Å². The molecule has 0 bridgehead atoms. The normalized spacial score (nSPS) is 11.7. The van der Waals surface area contributed by atoms with Crippen LogP contribution in [0, 0.1) is 13.8 Å². The number of aryl methyl sites for hydroxylation is 2. The van der Waals surface area contributed by atoms with Crippen molar-refractivity contribution >= 4 is 22.5 Å². The highest BCUT2D eigenvalue weighted by Crippen LogP contribution is 2.42. The first-order chi connectivity index (χ1) is 25.1. The van der Waals surface area contributed by atoms with Crippen LogP contribution in [-0.4, -0.2) is 9.97 Å². The molecule has 8 aromatic rings. The fourth-order valence-electron chi connectivity index (χ4n) is 6.94. The topological polar surface area (TPSA) is 35.0 Å². The van der Waals surface area contributed by atoms with E-state index in [0.29, 0.717) is 0 Å². The summed E-state index contributed by atoms with van der Waals surface area (Å²) >= 11 is 1.78. The number of benzene rings is 6. The highest BCUT2D eigenvalue weighted by molar-refractivity contribution is 7.99. The number of rotatable bonds is 9. The summed E-state index contributed by atoms with van der Waals surface area (Å²) in [7, 11) is 0. The maximum Gasteiger partial charge on any atom is 0.128 e. The van der Waals surface area contributed by atoms with Crippen LogP contribution in [0.1, 0.15) is 33.9 Å². The average molecular weight is 677 g/mol. The summed E-state index contributed by atoms with van der Waals surface area (Å²) in [5, 5.41) is 2.26. The standard InChI is InChI=1S/C47H36N2OS/c1-32-14-12-15-33(2)45(32)36-28-37(47-41-21-7-6-16-34(41)25-27-49-47)31-39(30-36)50-38-18-13-17-35(29-38)46(43-23-10-11-26-48-43)42-22-8-9-24-44(42)51-40-19-4-3-5-20-40/h3-31,46H,1-2H3/t46-/m0/s1. The molecule has 0 saturated heterocycles. The molecule has 1 atom stereocenters. The third kappa shape index (κ3) is 6.92. The Hall–Kier alpha value is -5.97. The summed E-state index contributed by atoms with van der Waals surface area (Å²) in [4.78, 5) is 12.1. The van der Waals surface area contributed by atoms with E-state index in [1.807, 2.05) is 24.5 Å².